The summed E-state index contributed by atoms with van der Waals surface area (Å²) >= 11 is 0. The summed E-state index contributed by atoms with van der Waals surface area (Å²) in [7, 11) is 0. The Morgan fingerprint density at radius 2 is 2.00 bits per heavy atom. The zero-order chi connectivity index (χ0) is 12.6. The Kier molecular flexibility index (Phi) is 6.50. The predicted molar refractivity (Wildman–Crippen MR) is 76.8 cm³/mol. The van der Waals surface area contributed by atoms with Crippen LogP contribution in [0.2, 0.25) is 0 Å². The highest BCUT2D eigenvalue weighted by molar-refractivity contribution is 4.71. The molecule has 0 aromatic rings. The van der Waals surface area contributed by atoms with Crippen molar-refractivity contribution in [1.29, 1.82) is 0 Å². The largest absolute Gasteiger partial charge is 0.378 e. The van der Waals surface area contributed by atoms with E-state index in [4.69, 9.17) is 4.74 Å². The van der Waals surface area contributed by atoms with Gasteiger partial charge in [0.1, 0.15) is 0 Å². The first-order valence-corrected chi connectivity index (χ1v) is 8.17. The fraction of sp³-hybridized carbons (Fsp3) is 1.00. The maximum absolute atomic E-state index is 5.64. The molecule has 1 heterocycles. The van der Waals surface area contributed by atoms with Crippen molar-refractivity contribution in [3.8, 4) is 0 Å². The van der Waals surface area contributed by atoms with Crippen LogP contribution in [0.1, 0.15) is 64.7 Å². The molecule has 0 aromatic carbocycles. The molecule has 0 bridgehead atoms. The lowest BCUT2D eigenvalue weighted by Crippen LogP contribution is -2.22. The summed E-state index contributed by atoms with van der Waals surface area (Å²) < 4.78 is 5.64. The molecule has 0 spiro atoms. The Labute approximate surface area is 113 Å². The highest BCUT2D eigenvalue weighted by Gasteiger charge is 2.18. The summed E-state index contributed by atoms with van der Waals surface area (Å²) in [6, 6.07) is 0. The van der Waals surface area contributed by atoms with Crippen molar-refractivity contribution in [3.63, 3.8) is 0 Å². The highest BCUT2D eigenvalue weighted by atomic mass is 16.5. The van der Waals surface area contributed by atoms with Gasteiger partial charge >= 0.3 is 0 Å². The highest BCUT2D eigenvalue weighted by Crippen LogP contribution is 2.30. The topological polar surface area (TPSA) is 21.3 Å². The molecule has 2 heteroatoms. The second-order valence-electron chi connectivity index (χ2n) is 6.45. The third-order valence-corrected chi connectivity index (χ3v) is 4.68. The van der Waals surface area contributed by atoms with E-state index < -0.39 is 0 Å². The number of ether oxygens (including phenoxy) is 1. The standard InChI is InChI=1S/C16H31NO/c1-14-5-2-6-15(13-14)9-11-17-10-3-7-16-8-4-12-18-16/h14-17H,2-13H2,1H3. The summed E-state index contributed by atoms with van der Waals surface area (Å²) in [4.78, 5) is 0. The molecule has 1 N–H and O–H groups in total. The van der Waals surface area contributed by atoms with Crippen LogP contribution >= 0.6 is 0 Å². The minimum Gasteiger partial charge on any atom is -0.378 e. The summed E-state index contributed by atoms with van der Waals surface area (Å²) in [5.74, 6) is 1.97. The molecule has 1 saturated carbocycles. The van der Waals surface area contributed by atoms with Gasteiger partial charge in [0.15, 0.2) is 0 Å². The van der Waals surface area contributed by atoms with Crippen molar-refractivity contribution >= 4 is 0 Å². The van der Waals surface area contributed by atoms with Crippen LogP contribution < -0.4 is 5.32 Å². The average Bonchev–Trinajstić information content (AvgIpc) is 2.87. The van der Waals surface area contributed by atoms with E-state index in [0.717, 1.165) is 18.4 Å². The van der Waals surface area contributed by atoms with E-state index in [1.165, 1.54) is 70.9 Å². The van der Waals surface area contributed by atoms with Gasteiger partial charge in [0.25, 0.3) is 0 Å². The molecule has 1 saturated heterocycles. The van der Waals surface area contributed by atoms with Crippen molar-refractivity contribution in [2.45, 2.75) is 70.8 Å². The molecule has 0 radical (unpaired) electrons. The van der Waals surface area contributed by atoms with Gasteiger partial charge in [-0.2, -0.15) is 0 Å². The first-order chi connectivity index (χ1) is 8.84. The first-order valence-electron chi connectivity index (χ1n) is 8.17. The lowest BCUT2D eigenvalue weighted by atomic mass is 9.81. The maximum atomic E-state index is 5.64. The Morgan fingerprint density at radius 3 is 2.78 bits per heavy atom. The quantitative estimate of drug-likeness (QED) is 0.698. The Morgan fingerprint density at radius 1 is 1.06 bits per heavy atom. The van der Waals surface area contributed by atoms with Gasteiger partial charge in [-0.25, -0.2) is 0 Å². The SMILES string of the molecule is CC1CCCC(CCNCCCC2CCCO2)C1. The lowest BCUT2D eigenvalue weighted by Gasteiger charge is -2.26. The summed E-state index contributed by atoms with van der Waals surface area (Å²) in [6.07, 6.45) is 12.9. The molecule has 1 aliphatic carbocycles. The van der Waals surface area contributed by atoms with Crippen LogP contribution in [0.15, 0.2) is 0 Å². The van der Waals surface area contributed by atoms with E-state index in [1.54, 1.807) is 0 Å². The van der Waals surface area contributed by atoms with E-state index in [2.05, 4.69) is 12.2 Å². The molecule has 0 aromatic heterocycles. The number of nitrogens with one attached hydrogen (secondary N) is 1. The molecular weight excluding hydrogens is 222 g/mol. The number of hydrogen-bond acceptors (Lipinski definition) is 2. The van der Waals surface area contributed by atoms with Gasteiger partial charge in [0.05, 0.1) is 6.10 Å². The minimum absolute atomic E-state index is 0.575. The normalized spacial score (nSPS) is 32.8. The fourth-order valence-electron chi connectivity index (χ4n) is 3.58. The molecule has 3 atom stereocenters. The van der Waals surface area contributed by atoms with Crippen molar-refractivity contribution in [2.24, 2.45) is 11.8 Å². The van der Waals surface area contributed by atoms with E-state index in [9.17, 15) is 0 Å². The monoisotopic (exact) mass is 253 g/mol. The van der Waals surface area contributed by atoms with Crippen molar-refractivity contribution < 1.29 is 4.74 Å². The van der Waals surface area contributed by atoms with Gasteiger partial charge < -0.3 is 10.1 Å². The van der Waals surface area contributed by atoms with Crippen LogP contribution in [0.5, 0.6) is 0 Å². The van der Waals surface area contributed by atoms with Gasteiger partial charge in [0.2, 0.25) is 0 Å². The molecule has 1 aliphatic heterocycles. The molecule has 2 rings (SSSR count). The maximum Gasteiger partial charge on any atom is 0.0576 e. The van der Waals surface area contributed by atoms with Crippen LogP contribution in [0.4, 0.5) is 0 Å². The van der Waals surface area contributed by atoms with Crippen LogP contribution in [-0.4, -0.2) is 25.8 Å². The minimum atomic E-state index is 0.575. The predicted octanol–water partition coefficient (Wildman–Crippen LogP) is 3.75. The van der Waals surface area contributed by atoms with Crippen LogP contribution in [0, 0.1) is 11.8 Å². The zero-order valence-electron chi connectivity index (χ0n) is 12.1. The van der Waals surface area contributed by atoms with Crippen molar-refractivity contribution in [3.05, 3.63) is 0 Å². The van der Waals surface area contributed by atoms with Gasteiger partial charge in [-0.05, 0) is 63.5 Å². The molecule has 3 unspecified atom stereocenters. The smallest absolute Gasteiger partial charge is 0.0576 e. The van der Waals surface area contributed by atoms with Crippen LogP contribution in [0.25, 0.3) is 0 Å². The van der Waals surface area contributed by atoms with E-state index in [1.807, 2.05) is 0 Å². The Balaban J connectivity index is 1.41. The van der Waals surface area contributed by atoms with Crippen LogP contribution in [0.3, 0.4) is 0 Å². The Bertz CT molecular complexity index is 213. The third-order valence-electron chi connectivity index (χ3n) is 4.68. The number of hydrogen-bond donors (Lipinski definition) is 1. The van der Waals surface area contributed by atoms with E-state index in [-0.39, 0.29) is 0 Å². The zero-order valence-corrected chi connectivity index (χ0v) is 12.1. The van der Waals surface area contributed by atoms with Gasteiger partial charge in [0, 0.05) is 6.61 Å². The van der Waals surface area contributed by atoms with Gasteiger partial charge in [-0.3, -0.25) is 0 Å². The van der Waals surface area contributed by atoms with E-state index in [0.29, 0.717) is 6.10 Å². The van der Waals surface area contributed by atoms with Gasteiger partial charge in [-0.15, -0.1) is 0 Å². The molecule has 2 fully saturated rings. The van der Waals surface area contributed by atoms with E-state index >= 15 is 0 Å². The average molecular weight is 253 g/mol. The van der Waals surface area contributed by atoms with Crippen LogP contribution in [-0.2, 0) is 4.74 Å². The molecule has 0 amide bonds. The summed E-state index contributed by atoms with van der Waals surface area (Å²) in [6.45, 7) is 5.82. The molecule has 2 nitrogen and oxygen atoms in total. The molecule has 2 aliphatic rings. The molecule has 18 heavy (non-hydrogen) atoms. The Hall–Kier alpha value is -0.0800. The second kappa shape index (κ2) is 8.16. The number of rotatable bonds is 7. The van der Waals surface area contributed by atoms with Crippen molar-refractivity contribution in [1.82, 2.24) is 5.32 Å². The van der Waals surface area contributed by atoms with Gasteiger partial charge in [-0.1, -0.05) is 26.2 Å². The summed E-state index contributed by atoms with van der Waals surface area (Å²) in [5.41, 5.74) is 0. The second-order valence-corrected chi connectivity index (χ2v) is 6.45. The first kappa shape index (κ1) is 14.3. The third kappa shape index (κ3) is 5.27. The molecule has 106 valence electrons. The molecular formula is C16H31NO. The summed E-state index contributed by atoms with van der Waals surface area (Å²) in [5, 5.41) is 3.62. The fourth-order valence-corrected chi connectivity index (χ4v) is 3.58. The lowest BCUT2D eigenvalue weighted by molar-refractivity contribution is 0.102. The van der Waals surface area contributed by atoms with Crippen molar-refractivity contribution in [2.75, 3.05) is 19.7 Å².